The molecule has 1 aromatic carbocycles. The summed E-state index contributed by atoms with van der Waals surface area (Å²) in [6, 6.07) is 7.47. The summed E-state index contributed by atoms with van der Waals surface area (Å²) < 4.78 is 1.70. The van der Waals surface area contributed by atoms with Gasteiger partial charge in [0.2, 0.25) is 0 Å². The minimum absolute atomic E-state index is 0. The molecule has 4 nitrogen and oxygen atoms in total. The lowest BCUT2D eigenvalue weighted by Gasteiger charge is -2.18. The van der Waals surface area contributed by atoms with Crippen LogP contribution in [-0.4, -0.2) is 34.1 Å². The standard InChI is InChI=1S/C14H19N3O.ClH/c1-3-16(4-2)9-10-17-11-15-13-8-6-5-7-12(13)14(17)18;/h5-8,11H,3-4,9-10H2,1-2H3;1H. The largest absolute Gasteiger partial charge is 0.302 e. The van der Waals surface area contributed by atoms with E-state index in [0.717, 1.165) is 25.2 Å². The van der Waals surface area contributed by atoms with E-state index in [-0.39, 0.29) is 18.0 Å². The smallest absolute Gasteiger partial charge is 0.261 e. The van der Waals surface area contributed by atoms with Gasteiger partial charge in [-0.25, -0.2) is 4.98 Å². The number of nitrogens with zero attached hydrogens (tertiary/aromatic N) is 3. The van der Waals surface area contributed by atoms with E-state index >= 15 is 0 Å². The third-order valence-electron chi connectivity index (χ3n) is 3.28. The van der Waals surface area contributed by atoms with Crippen LogP contribution in [0.5, 0.6) is 0 Å². The molecule has 2 aromatic rings. The van der Waals surface area contributed by atoms with Gasteiger partial charge in [0.15, 0.2) is 0 Å². The highest BCUT2D eigenvalue weighted by molar-refractivity contribution is 5.85. The highest BCUT2D eigenvalue weighted by Gasteiger charge is 2.04. The average molecular weight is 282 g/mol. The predicted octanol–water partition coefficient (Wildman–Crippen LogP) is 2.16. The fraction of sp³-hybridized carbons (Fsp3) is 0.429. The van der Waals surface area contributed by atoms with Gasteiger partial charge in [0.05, 0.1) is 17.2 Å². The van der Waals surface area contributed by atoms with Crippen LogP contribution in [0.25, 0.3) is 10.9 Å². The SMILES string of the molecule is CCN(CC)CCn1cnc2ccccc2c1=O.Cl. The molecule has 0 amide bonds. The summed E-state index contributed by atoms with van der Waals surface area (Å²) >= 11 is 0. The summed E-state index contributed by atoms with van der Waals surface area (Å²) in [5, 5.41) is 0.694. The number of hydrogen-bond donors (Lipinski definition) is 0. The first-order valence-electron chi connectivity index (χ1n) is 6.42. The summed E-state index contributed by atoms with van der Waals surface area (Å²) in [5.74, 6) is 0. The molecule has 0 aliphatic carbocycles. The zero-order valence-electron chi connectivity index (χ0n) is 11.4. The Morgan fingerprint density at radius 2 is 1.89 bits per heavy atom. The van der Waals surface area contributed by atoms with Crippen molar-refractivity contribution in [3.63, 3.8) is 0 Å². The third kappa shape index (κ3) is 3.55. The normalized spacial score (nSPS) is 10.7. The Labute approximate surface area is 119 Å². The maximum Gasteiger partial charge on any atom is 0.261 e. The molecule has 0 aliphatic heterocycles. The van der Waals surface area contributed by atoms with E-state index in [9.17, 15) is 4.79 Å². The number of rotatable bonds is 5. The summed E-state index contributed by atoms with van der Waals surface area (Å²) in [6.45, 7) is 7.85. The third-order valence-corrected chi connectivity index (χ3v) is 3.28. The number of benzene rings is 1. The molecule has 0 aliphatic rings. The van der Waals surface area contributed by atoms with Crippen LogP contribution in [-0.2, 0) is 6.54 Å². The van der Waals surface area contributed by atoms with Gasteiger partial charge in [0.1, 0.15) is 0 Å². The van der Waals surface area contributed by atoms with E-state index in [0.29, 0.717) is 11.9 Å². The number of fused-ring (bicyclic) bond motifs is 1. The Morgan fingerprint density at radius 3 is 2.58 bits per heavy atom. The molecule has 0 atom stereocenters. The van der Waals surface area contributed by atoms with E-state index in [1.807, 2.05) is 24.3 Å². The molecule has 0 saturated heterocycles. The molecule has 0 bridgehead atoms. The van der Waals surface area contributed by atoms with Crippen LogP contribution in [0, 0.1) is 0 Å². The van der Waals surface area contributed by atoms with Crippen LogP contribution in [0.1, 0.15) is 13.8 Å². The van der Waals surface area contributed by atoms with Crippen molar-refractivity contribution in [1.82, 2.24) is 14.5 Å². The molecule has 0 saturated carbocycles. The van der Waals surface area contributed by atoms with Crippen LogP contribution < -0.4 is 5.56 Å². The summed E-state index contributed by atoms with van der Waals surface area (Å²) in [5.41, 5.74) is 0.814. The summed E-state index contributed by atoms with van der Waals surface area (Å²) in [4.78, 5) is 18.8. The monoisotopic (exact) mass is 281 g/mol. The molecular formula is C14H20ClN3O. The molecule has 0 fully saturated rings. The van der Waals surface area contributed by atoms with Gasteiger partial charge in [0, 0.05) is 13.1 Å². The molecule has 19 heavy (non-hydrogen) atoms. The summed E-state index contributed by atoms with van der Waals surface area (Å²) in [6.07, 6.45) is 1.65. The van der Waals surface area contributed by atoms with E-state index in [1.54, 1.807) is 10.9 Å². The fourth-order valence-corrected chi connectivity index (χ4v) is 2.05. The van der Waals surface area contributed by atoms with Gasteiger partial charge >= 0.3 is 0 Å². The van der Waals surface area contributed by atoms with Crippen molar-refractivity contribution in [3.8, 4) is 0 Å². The topological polar surface area (TPSA) is 38.1 Å². The molecule has 0 radical (unpaired) electrons. The Morgan fingerprint density at radius 1 is 1.21 bits per heavy atom. The van der Waals surface area contributed by atoms with Crippen molar-refractivity contribution in [2.75, 3.05) is 19.6 Å². The number of hydrogen-bond acceptors (Lipinski definition) is 3. The Balaban J connectivity index is 0.00000180. The molecule has 5 heteroatoms. The van der Waals surface area contributed by atoms with Crippen LogP contribution in [0.4, 0.5) is 0 Å². The second kappa shape index (κ2) is 7.26. The van der Waals surface area contributed by atoms with E-state index in [4.69, 9.17) is 0 Å². The predicted molar refractivity (Wildman–Crippen MR) is 81.0 cm³/mol. The van der Waals surface area contributed by atoms with Crippen molar-refractivity contribution in [2.24, 2.45) is 0 Å². The molecular weight excluding hydrogens is 262 g/mol. The Hall–Kier alpha value is -1.39. The quantitative estimate of drug-likeness (QED) is 0.843. The molecule has 104 valence electrons. The van der Waals surface area contributed by atoms with Crippen LogP contribution >= 0.6 is 12.4 Å². The number of para-hydroxylation sites is 1. The first-order valence-corrected chi connectivity index (χ1v) is 6.42. The molecule has 1 aromatic heterocycles. The number of likely N-dealkylation sites (N-methyl/N-ethyl adjacent to an activating group) is 1. The van der Waals surface area contributed by atoms with E-state index in [1.165, 1.54) is 0 Å². The van der Waals surface area contributed by atoms with E-state index in [2.05, 4.69) is 23.7 Å². The minimum atomic E-state index is 0. The lowest BCUT2D eigenvalue weighted by Crippen LogP contribution is -2.31. The van der Waals surface area contributed by atoms with Gasteiger partial charge in [0.25, 0.3) is 5.56 Å². The number of aromatic nitrogens is 2. The lowest BCUT2D eigenvalue weighted by atomic mass is 10.2. The van der Waals surface area contributed by atoms with Crippen molar-refractivity contribution in [2.45, 2.75) is 20.4 Å². The van der Waals surface area contributed by atoms with Crippen LogP contribution in [0.3, 0.4) is 0 Å². The van der Waals surface area contributed by atoms with Crippen molar-refractivity contribution >= 4 is 23.3 Å². The number of halogens is 1. The molecule has 2 rings (SSSR count). The maximum absolute atomic E-state index is 12.2. The highest BCUT2D eigenvalue weighted by Crippen LogP contribution is 2.04. The van der Waals surface area contributed by atoms with Gasteiger partial charge < -0.3 is 4.90 Å². The summed E-state index contributed by atoms with van der Waals surface area (Å²) in [7, 11) is 0. The Kier molecular flexibility index (Phi) is 5.99. The van der Waals surface area contributed by atoms with Gasteiger partial charge in [-0.05, 0) is 25.2 Å². The average Bonchev–Trinajstić information content (AvgIpc) is 2.42. The second-order valence-electron chi connectivity index (χ2n) is 4.29. The first kappa shape index (κ1) is 15.7. The van der Waals surface area contributed by atoms with Gasteiger partial charge in [-0.2, -0.15) is 0 Å². The Bertz CT molecular complexity index is 578. The lowest BCUT2D eigenvalue weighted by molar-refractivity contribution is 0.289. The second-order valence-corrected chi connectivity index (χ2v) is 4.29. The molecule has 1 heterocycles. The van der Waals surface area contributed by atoms with Crippen molar-refractivity contribution in [3.05, 3.63) is 40.9 Å². The van der Waals surface area contributed by atoms with Gasteiger partial charge in [-0.1, -0.05) is 26.0 Å². The van der Waals surface area contributed by atoms with Crippen molar-refractivity contribution < 1.29 is 0 Å². The zero-order valence-corrected chi connectivity index (χ0v) is 12.2. The first-order chi connectivity index (χ1) is 8.76. The fourth-order valence-electron chi connectivity index (χ4n) is 2.05. The van der Waals surface area contributed by atoms with Crippen LogP contribution in [0.15, 0.2) is 35.4 Å². The molecule has 0 unspecified atom stereocenters. The molecule has 0 spiro atoms. The molecule has 0 N–H and O–H groups in total. The van der Waals surface area contributed by atoms with Gasteiger partial charge in [-0.3, -0.25) is 9.36 Å². The van der Waals surface area contributed by atoms with Crippen molar-refractivity contribution in [1.29, 1.82) is 0 Å². The van der Waals surface area contributed by atoms with Gasteiger partial charge in [-0.15, -0.1) is 12.4 Å². The maximum atomic E-state index is 12.2. The van der Waals surface area contributed by atoms with Crippen LogP contribution in [0.2, 0.25) is 0 Å². The zero-order chi connectivity index (χ0) is 13.0. The minimum Gasteiger partial charge on any atom is -0.302 e. The van der Waals surface area contributed by atoms with E-state index < -0.39 is 0 Å². The highest BCUT2D eigenvalue weighted by atomic mass is 35.5.